The van der Waals surface area contributed by atoms with Crippen molar-refractivity contribution in [3.63, 3.8) is 0 Å². The first kappa shape index (κ1) is 31.5. The summed E-state index contributed by atoms with van der Waals surface area (Å²) in [6.07, 6.45) is 3.30. The number of pyridine rings is 1. The van der Waals surface area contributed by atoms with Crippen LogP contribution in [0.4, 0.5) is 26.3 Å². The molecule has 8 nitrogen and oxygen atoms in total. The maximum absolute atomic E-state index is 13.6. The fourth-order valence-electron chi connectivity index (χ4n) is 4.26. The maximum Gasteiger partial charge on any atom is 0.451 e. The average Bonchev–Trinajstić information content (AvgIpc) is 3.34. The molecule has 0 saturated carbocycles. The van der Waals surface area contributed by atoms with E-state index < -0.39 is 64.4 Å². The van der Waals surface area contributed by atoms with E-state index in [1.807, 2.05) is 0 Å². The van der Waals surface area contributed by atoms with Crippen LogP contribution >= 0.6 is 0 Å². The molecule has 0 bridgehead atoms. The van der Waals surface area contributed by atoms with Gasteiger partial charge in [-0.2, -0.15) is 17.5 Å². The predicted molar refractivity (Wildman–Crippen MR) is 135 cm³/mol. The van der Waals surface area contributed by atoms with Crippen LogP contribution in [0.5, 0.6) is 0 Å². The molecule has 1 N–H and O–H groups in total. The highest BCUT2D eigenvalue weighted by atomic mass is 32.2. The third-order valence-electron chi connectivity index (χ3n) is 6.20. The van der Waals surface area contributed by atoms with E-state index in [4.69, 9.17) is 0 Å². The van der Waals surface area contributed by atoms with Gasteiger partial charge in [-0.05, 0) is 55.7 Å². The van der Waals surface area contributed by atoms with Crippen molar-refractivity contribution >= 4 is 15.9 Å². The number of nitrogens with zero attached hydrogens (tertiary/aromatic N) is 4. The number of nitrogens with one attached hydrogen (secondary N) is 1. The van der Waals surface area contributed by atoms with Crippen LogP contribution in [0.3, 0.4) is 0 Å². The summed E-state index contributed by atoms with van der Waals surface area (Å²) >= 11 is 0. The number of terminal acetylenes is 1. The molecule has 1 aliphatic rings. The van der Waals surface area contributed by atoms with Crippen LogP contribution < -0.4 is 5.32 Å². The molecule has 1 saturated heterocycles. The lowest BCUT2D eigenvalue weighted by atomic mass is 10.1. The number of carbonyl (C=O) groups is 1. The van der Waals surface area contributed by atoms with Crippen molar-refractivity contribution in [1.29, 1.82) is 0 Å². The normalized spacial score (nSPS) is 17.6. The van der Waals surface area contributed by atoms with Crippen molar-refractivity contribution in [3.05, 3.63) is 71.7 Å². The molecule has 1 amide bonds. The molecule has 41 heavy (non-hydrogen) atoms. The molecule has 3 aromatic rings. The largest absolute Gasteiger partial charge is 0.451 e. The summed E-state index contributed by atoms with van der Waals surface area (Å²) in [4.78, 5) is 23.2. The number of alkyl halides is 5. The molecular weight excluding hydrogens is 576 g/mol. The average molecular weight is 600 g/mol. The van der Waals surface area contributed by atoms with Crippen molar-refractivity contribution < 1.29 is 39.6 Å². The van der Waals surface area contributed by atoms with E-state index in [0.717, 1.165) is 53.2 Å². The lowest BCUT2D eigenvalue weighted by Crippen LogP contribution is -2.48. The zero-order valence-electron chi connectivity index (χ0n) is 21.3. The highest BCUT2D eigenvalue weighted by molar-refractivity contribution is 7.89. The monoisotopic (exact) mass is 599 g/mol. The van der Waals surface area contributed by atoms with Gasteiger partial charge in [0.2, 0.25) is 21.8 Å². The summed E-state index contributed by atoms with van der Waals surface area (Å²) in [5.74, 6) is -2.75. The quantitative estimate of drug-likeness (QED) is 0.311. The first-order valence-electron chi connectivity index (χ1n) is 11.9. The molecule has 218 valence electrons. The van der Waals surface area contributed by atoms with Crippen molar-refractivity contribution in [2.75, 3.05) is 0 Å². The van der Waals surface area contributed by atoms with Gasteiger partial charge in [-0.1, -0.05) is 0 Å². The molecule has 2 aromatic heterocycles. The second-order valence-electron chi connectivity index (χ2n) is 8.81. The zero-order valence-corrected chi connectivity index (χ0v) is 22.1. The Morgan fingerprint density at radius 1 is 1.07 bits per heavy atom. The van der Waals surface area contributed by atoms with E-state index in [1.54, 1.807) is 6.92 Å². The predicted octanol–water partition coefficient (Wildman–Crippen LogP) is 4.74. The molecule has 0 radical (unpaired) electrons. The van der Waals surface area contributed by atoms with Gasteiger partial charge in [0.15, 0.2) is 0 Å². The summed E-state index contributed by atoms with van der Waals surface area (Å²) in [5.41, 5.74) is -0.588. The number of hydrogen-bond donors (Lipinski definition) is 1. The Kier molecular flexibility index (Phi) is 9.72. The van der Waals surface area contributed by atoms with Gasteiger partial charge >= 0.3 is 6.18 Å². The van der Waals surface area contributed by atoms with Crippen molar-refractivity contribution in [2.45, 2.75) is 55.9 Å². The molecule has 0 spiro atoms. The van der Waals surface area contributed by atoms with Crippen LogP contribution in [0.2, 0.25) is 0 Å². The fourth-order valence-corrected chi connectivity index (χ4v) is 6.10. The number of carbonyl (C=O) groups excluding carboxylic acids is 1. The van der Waals surface area contributed by atoms with Crippen LogP contribution in [0.15, 0.2) is 53.8 Å². The third-order valence-corrected chi connectivity index (χ3v) is 8.24. The second-order valence-corrected chi connectivity index (χ2v) is 10.7. The minimum absolute atomic E-state index is 0.00706. The first-order valence-corrected chi connectivity index (χ1v) is 13.3. The summed E-state index contributed by atoms with van der Waals surface area (Å²) < 4.78 is 106. The number of rotatable bonds is 7. The summed E-state index contributed by atoms with van der Waals surface area (Å²) in [6.45, 7) is 1.18. The van der Waals surface area contributed by atoms with Gasteiger partial charge < -0.3 is 5.32 Å². The SMILES string of the molecule is C#C.C[C@H]1CC[C@@H](C(=O)NCc2cc(-c3cnc(C(F)(F)F)nc3)ncc2C(F)F)N1S(=O)(=O)c1ccc(F)cc1. The first-order chi connectivity index (χ1) is 19.3. The molecule has 0 aliphatic carbocycles. The number of benzene rings is 1. The smallest absolute Gasteiger partial charge is 0.351 e. The van der Waals surface area contributed by atoms with Gasteiger partial charge in [-0.15, -0.1) is 12.8 Å². The molecule has 2 atom stereocenters. The Morgan fingerprint density at radius 2 is 1.68 bits per heavy atom. The van der Waals surface area contributed by atoms with Gasteiger partial charge in [0.1, 0.15) is 11.9 Å². The molecule has 3 heterocycles. The number of sulfonamides is 1. The lowest BCUT2D eigenvalue weighted by Gasteiger charge is -2.27. The highest BCUT2D eigenvalue weighted by Crippen LogP contribution is 2.32. The van der Waals surface area contributed by atoms with E-state index >= 15 is 0 Å². The zero-order chi connectivity index (χ0) is 30.5. The number of hydrogen-bond acceptors (Lipinski definition) is 6. The Bertz CT molecular complexity index is 1500. The van der Waals surface area contributed by atoms with Crippen molar-refractivity contribution in [2.24, 2.45) is 0 Å². The van der Waals surface area contributed by atoms with Gasteiger partial charge in [-0.3, -0.25) is 9.78 Å². The number of aromatic nitrogens is 3. The number of halogens is 6. The van der Waals surface area contributed by atoms with Crippen LogP contribution in [0, 0.1) is 18.7 Å². The Balaban J connectivity index is 0.00000226. The van der Waals surface area contributed by atoms with Gasteiger partial charge in [0, 0.05) is 42.3 Å². The minimum Gasteiger partial charge on any atom is -0.351 e. The lowest BCUT2D eigenvalue weighted by molar-refractivity contribution is -0.145. The van der Waals surface area contributed by atoms with E-state index in [0.29, 0.717) is 6.42 Å². The molecule has 4 rings (SSSR count). The molecule has 1 aromatic carbocycles. The van der Waals surface area contributed by atoms with E-state index in [-0.39, 0.29) is 28.1 Å². The highest BCUT2D eigenvalue weighted by Gasteiger charge is 2.43. The molecule has 15 heteroatoms. The minimum atomic E-state index is -4.77. The number of amides is 1. The van der Waals surface area contributed by atoms with E-state index in [9.17, 15) is 39.6 Å². The van der Waals surface area contributed by atoms with Crippen LogP contribution in [-0.4, -0.2) is 45.7 Å². The Morgan fingerprint density at radius 3 is 2.24 bits per heavy atom. The van der Waals surface area contributed by atoms with Gasteiger partial charge in [-0.25, -0.2) is 31.6 Å². The molecular formula is C26H23F6N5O3S. The Hall–Kier alpha value is -4.03. The van der Waals surface area contributed by atoms with Crippen molar-refractivity contribution in [1.82, 2.24) is 24.6 Å². The molecule has 0 unspecified atom stereocenters. The maximum atomic E-state index is 13.6. The topological polar surface area (TPSA) is 105 Å². The summed E-state index contributed by atoms with van der Waals surface area (Å²) in [7, 11) is -4.18. The third kappa shape index (κ3) is 7.01. The fraction of sp³-hybridized carbons (Fsp3) is 0.308. The van der Waals surface area contributed by atoms with Gasteiger partial charge in [0.25, 0.3) is 6.43 Å². The van der Waals surface area contributed by atoms with Crippen LogP contribution in [0.1, 0.15) is 43.1 Å². The van der Waals surface area contributed by atoms with Crippen LogP contribution in [0.25, 0.3) is 11.3 Å². The summed E-state index contributed by atoms with van der Waals surface area (Å²) in [5, 5.41) is 2.48. The van der Waals surface area contributed by atoms with Crippen LogP contribution in [-0.2, 0) is 27.5 Å². The summed E-state index contributed by atoms with van der Waals surface area (Å²) in [6, 6.07) is 3.60. The van der Waals surface area contributed by atoms with Crippen molar-refractivity contribution in [3.8, 4) is 24.1 Å². The van der Waals surface area contributed by atoms with Gasteiger partial charge in [0.05, 0.1) is 10.6 Å². The standard InChI is InChI=1S/C24H21F6N5O3S.C2H2/c1-13-2-7-20(35(13)39(37,38)17-5-3-16(25)4-6-17)22(36)32-9-14-8-19(31-12-18(14)21(26)27)15-10-33-23(34-11-15)24(28,29)30;1-2/h3-6,8,10-13,20-21H,2,7,9H2,1H3,(H,32,36);1-2H/t13-,20-;/m0./s1. The van der Waals surface area contributed by atoms with E-state index in [1.165, 1.54) is 0 Å². The Labute approximate surface area is 231 Å². The molecule has 1 fully saturated rings. The second kappa shape index (κ2) is 12.6. The van der Waals surface area contributed by atoms with E-state index in [2.05, 4.69) is 33.1 Å². The molecule has 1 aliphatic heterocycles.